The summed E-state index contributed by atoms with van der Waals surface area (Å²) in [6.07, 6.45) is 0.318. The van der Waals surface area contributed by atoms with Gasteiger partial charge in [0.25, 0.3) is 0 Å². The first-order chi connectivity index (χ1) is 9.70. The number of ether oxygens (including phenoxy) is 1. The highest BCUT2D eigenvalue weighted by molar-refractivity contribution is 5.69. The summed E-state index contributed by atoms with van der Waals surface area (Å²) in [5, 5.41) is 10.3. The first-order valence-corrected chi connectivity index (χ1v) is 6.59. The fourth-order valence-electron chi connectivity index (χ4n) is 2.09. The Morgan fingerprint density at radius 3 is 2.50 bits per heavy atom. The molecule has 0 bridgehead atoms. The summed E-state index contributed by atoms with van der Waals surface area (Å²) < 4.78 is 4.63. The molecule has 3 nitrogen and oxygen atoms in total. The van der Waals surface area contributed by atoms with Crippen molar-refractivity contribution in [3.63, 3.8) is 0 Å². The lowest BCUT2D eigenvalue weighted by Gasteiger charge is -2.12. The maximum atomic E-state index is 11.2. The van der Waals surface area contributed by atoms with Gasteiger partial charge >= 0.3 is 5.97 Å². The SMILES string of the molecule is COC(=O)CCc1cccc(C(O)c2ccccc2)c1. The molecule has 1 atom stereocenters. The fourth-order valence-corrected chi connectivity index (χ4v) is 2.09. The monoisotopic (exact) mass is 270 g/mol. The lowest BCUT2D eigenvalue weighted by atomic mass is 9.98. The van der Waals surface area contributed by atoms with Crippen LogP contribution in [0.3, 0.4) is 0 Å². The van der Waals surface area contributed by atoms with Crippen LogP contribution in [-0.4, -0.2) is 18.2 Å². The summed E-state index contributed by atoms with van der Waals surface area (Å²) in [6.45, 7) is 0. The van der Waals surface area contributed by atoms with Gasteiger partial charge in [-0.25, -0.2) is 0 Å². The number of aliphatic hydroxyl groups is 1. The Hall–Kier alpha value is -2.13. The summed E-state index contributed by atoms with van der Waals surface area (Å²) in [7, 11) is 1.39. The van der Waals surface area contributed by atoms with E-state index in [0.29, 0.717) is 12.8 Å². The summed E-state index contributed by atoms with van der Waals surface area (Å²) in [6, 6.07) is 17.2. The number of benzene rings is 2. The number of methoxy groups -OCH3 is 1. The number of hydrogen-bond donors (Lipinski definition) is 1. The molecule has 1 unspecified atom stereocenters. The molecule has 1 N–H and O–H groups in total. The molecule has 0 aliphatic carbocycles. The van der Waals surface area contributed by atoms with Gasteiger partial charge in [0.15, 0.2) is 0 Å². The van der Waals surface area contributed by atoms with Crippen LogP contribution in [0.2, 0.25) is 0 Å². The van der Waals surface area contributed by atoms with E-state index in [-0.39, 0.29) is 5.97 Å². The molecule has 2 aromatic rings. The molecular formula is C17H18O3. The van der Waals surface area contributed by atoms with Crippen LogP contribution in [0.15, 0.2) is 54.6 Å². The molecule has 0 amide bonds. The minimum Gasteiger partial charge on any atom is -0.469 e. The average Bonchev–Trinajstić information content (AvgIpc) is 2.53. The van der Waals surface area contributed by atoms with E-state index in [2.05, 4.69) is 4.74 Å². The minimum absolute atomic E-state index is 0.223. The van der Waals surface area contributed by atoms with Gasteiger partial charge in [0.1, 0.15) is 6.10 Å². The van der Waals surface area contributed by atoms with Crippen LogP contribution in [-0.2, 0) is 16.0 Å². The van der Waals surface area contributed by atoms with Crippen molar-refractivity contribution in [1.29, 1.82) is 0 Å². The summed E-state index contributed by atoms with van der Waals surface area (Å²) in [5.74, 6) is -0.223. The molecule has 0 heterocycles. The topological polar surface area (TPSA) is 46.5 Å². The van der Waals surface area contributed by atoms with Crippen molar-refractivity contribution < 1.29 is 14.6 Å². The van der Waals surface area contributed by atoms with Crippen LogP contribution in [0, 0.1) is 0 Å². The number of aryl methyl sites for hydroxylation is 1. The number of rotatable bonds is 5. The van der Waals surface area contributed by atoms with E-state index in [9.17, 15) is 9.90 Å². The molecule has 20 heavy (non-hydrogen) atoms. The molecule has 0 spiro atoms. The second kappa shape index (κ2) is 6.87. The third-order valence-corrected chi connectivity index (χ3v) is 3.23. The lowest BCUT2D eigenvalue weighted by Crippen LogP contribution is -2.03. The number of carbonyl (C=O) groups is 1. The second-order valence-electron chi connectivity index (χ2n) is 4.63. The number of esters is 1. The van der Waals surface area contributed by atoms with E-state index in [1.165, 1.54) is 7.11 Å². The van der Waals surface area contributed by atoms with Gasteiger partial charge in [-0.2, -0.15) is 0 Å². The molecule has 0 radical (unpaired) electrons. The Kier molecular flexibility index (Phi) is 4.91. The molecule has 3 heteroatoms. The number of carbonyl (C=O) groups excluding carboxylic acids is 1. The predicted molar refractivity (Wildman–Crippen MR) is 77.3 cm³/mol. The molecule has 104 valence electrons. The van der Waals surface area contributed by atoms with Crippen molar-refractivity contribution in [1.82, 2.24) is 0 Å². The van der Waals surface area contributed by atoms with Crippen molar-refractivity contribution >= 4 is 5.97 Å². The van der Waals surface area contributed by atoms with Crippen LogP contribution in [0.4, 0.5) is 0 Å². The molecule has 0 aliphatic heterocycles. The van der Waals surface area contributed by atoms with Crippen molar-refractivity contribution in [2.45, 2.75) is 18.9 Å². The predicted octanol–water partition coefficient (Wildman–Crippen LogP) is 2.87. The van der Waals surface area contributed by atoms with E-state index in [1.807, 2.05) is 54.6 Å². The molecule has 2 aromatic carbocycles. The van der Waals surface area contributed by atoms with Gasteiger partial charge in [0, 0.05) is 6.42 Å². The van der Waals surface area contributed by atoms with Gasteiger partial charge in [-0.3, -0.25) is 4.79 Å². The number of aliphatic hydroxyl groups excluding tert-OH is 1. The Labute approximate surface area is 118 Å². The molecule has 2 rings (SSSR count). The third kappa shape index (κ3) is 3.68. The highest BCUT2D eigenvalue weighted by atomic mass is 16.5. The molecular weight excluding hydrogens is 252 g/mol. The second-order valence-corrected chi connectivity index (χ2v) is 4.63. The van der Waals surface area contributed by atoms with Crippen LogP contribution in [0.25, 0.3) is 0 Å². The first kappa shape index (κ1) is 14.3. The third-order valence-electron chi connectivity index (χ3n) is 3.23. The van der Waals surface area contributed by atoms with E-state index in [1.54, 1.807) is 0 Å². The van der Waals surface area contributed by atoms with Gasteiger partial charge in [-0.15, -0.1) is 0 Å². The summed E-state index contributed by atoms with van der Waals surface area (Å²) in [4.78, 5) is 11.2. The van der Waals surface area contributed by atoms with Crippen molar-refractivity contribution in [3.05, 3.63) is 71.3 Å². The lowest BCUT2D eigenvalue weighted by molar-refractivity contribution is -0.140. The normalized spacial score (nSPS) is 11.9. The van der Waals surface area contributed by atoms with Gasteiger partial charge in [-0.1, -0.05) is 54.6 Å². The maximum absolute atomic E-state index is 11.2. The first-order valence-electron chi connectivity index (χ1n) is 6.59. The van der Waals surface area contributed by atoms with Crippen molar-refractivity contribution in [3.8, 4) is 0 Å². The van der Waals surface area contributed by atoms with E-state index in [4.69, 9.17) is 0 Å². The Morgan fingerprint density at radius 1 is 1.10 bits per heavy atom. The maximum Gasteiger partial charge on any atom is 0.305 e. The Morgan fingerprint density at radius 2 is 1.80 bits per heavy atom. The van der Waals surface area contributed by atoms with Crippen LogP contribution in [0.5, 0.6) is 0 Å². The highest BCUT2D eigenvalue weighted by Crippen LogP contribution is 2.22. The fraction of sp³-hybridized carbons (Fsp3) is 0.235. The molecule has 0 saturated carbocycles. The minimum atomic E-state index is -0.644. The van der Waals surface area contributed by atoms with Crippen molar-refractivity contribution in [2.24, 2.45) is 0 Å². The zero-order valence-electron chi connectivity index (χ0n) is 11.5. The van der Waals surface area contributed by atoms with Gasteiger partial charge in [-0.05, 0) is 23.1 Å². The zero-order valence-corrected chi connectivity index (χ0v) is 11.5. The van der Waals surface area contributed by atoms with E-state index < -0.39 is 6.10 Å². The average molecular weight is 270 g/mol. The Bertz CT molecular complexity index is 563. The molecule has 0 fully saturated rings. The molecule has 0 aliphatic rings. The van der Waals surface area contributed by atoms with Crippen LogP contribution >= 0.6 is 0 Å². The zero-order chi connectivity index (χ0) is 14.4. The summed E-state index contributed by atoms with van der Waals surface area (Å²) in [5.41, 5.74) is 2.71. The van der Waals surface area contributed by atoms with E-state index >= 15 is 0 Å². The van der Waals surface area contributed by atoms with E-state index in [0.717, 1.165) is 16.7 Å². The van der Waals surface area contributed by atoms with Gasteiger partial charge in [0.2, 0.25) is 0 Å². The molecule has 0 saturated heterocycles. The number of hydrogen-bond acceptors (Lipinski definition) is 3. The smallest absolute Gasteiger partial charge is 0.305 e. The standard InChI is InChI=1S/C17H18O3/c1-20-16(18)11-10-13-6-5-9-15(12-13)17(19)14-7-3-2-4-8-14/h2-9,12,17,19H,10-11H2,1H3. The van der Waals surface area contributed by atoms with Gasteiger partial charge < -0.3 is 9.84 Å². The van der Waals surface area contributed by atoms with Gasteiger partial charge in [0.05, 0.1) is 7.11 Å². The largest absolute Gasteiger partial charge is 0.469 e. The summed E-state index contributed by atoms with van der Waals surface area (Å²) >= 11 is 0. The van der Waals surface area contributed by atoms with Crippen LogP contribution in [0.1, 0.15) is 29.2 Å². The Balaban J connectivity index is 2.11. The molecule has 0 aromatic heterocycles. The van der Waals surface area contributed by atoms with Crippen LogP contribution < -0.4 is 0 Å². The van der Waals surface area contributed by atoms with Crippen molar-refractivity contribution in [2.75, 3.05) is 7.11 Å². The highest BCUT2D eigenvalue weighted by Gasteiger charge is 2.10. The quantitative estimate of drug-likeness (QED) is 0.850.